The van der Waals surface area contributed by atoms with Gasteiger partial charge in [-0.1, -0.05) is 238 Å². The maximum absolute atomic E-state index is 7.01. The van der Waals surface area contributed by atoms with E-state index in [1.807, 2.05) is 12.3 Å². The summed E-state index contributed by atoms with van der Waals surface area (Å²) in [5, 5.41) is 7.82. The molecule has 0 atom stereocenters. The number of rotatable bonds is 9. The van der Waals surface area contributed by atoms with Crippen LogP contribution in [0.2, 0.25) is 0 Å². The molecular formula is C78H67N4OPtSi-3. The van der Waals surface area contributed by atoms with Crippen LogP contribution in [0.3, 0.4) is 0 Å². The first kappa shape index (κ1) is 55.6. The molecular weight excluding hydrogens is 1230 g/mol. The summed E-state index contributed by atoms with van der Waals surface area (Å²) in [5.41, 5.74) is 17.0. The molecule has 0 spiro atoms. The first-order chi connectivity index (χ1) is 40.6. The number of ether oxygens (including phenoxy) is 1. The Morgan fingerprint density at radius 2 is 1.05 bits per heavy atom. The molecule has 10 aromatic carbocycles. The van der Waals surface area contributed by atoms with Crippen LogP contribution in [0.4, 0.5) is 22.7 Å². The zero-order chi connectivity index (χ0) is 57.7. The first-order valence-corrected chi connectivity index (χ1v) is 31.3. The Morgan fingerprint density at radius 1 is 0.459 bits per heavy atom. The second-order valence-electron chi connectivity index (χ2n) is 25.7. The van der Waals surface area contributed by atoms with E-state index in [2.05, 4.69) is 320 Å². The normalized spacial score (nSPS) is 13.6. The van der Waals surface area contributed by atoms with Gasteiger partial charge < -0.3 is 19.1 Å². The van der Waals surface area contributed by atoms with Crippen LogP contribution in [-0.4, -0.2) is 17.6 Å². The molecule has 4 heterocycles. The van der Waals surface area contributed by atoms with Crippen molar-refractivity contribution in [3.63, 3.8) is 0 Å². The minimum atomic E-state index is -2.94. The summed E-state index contributed by atoms with van der Waals surface area (Å²) in [6.45, 7) is 22.7. The molecule has 2 aliphatic heterocycles. The molecule has 0 saturated heterocycles. The van der Waals surface area contributed by atoms with Gasteiger partial charge in [-0.15, -0.1) is 48.1 Å². The van der Waals surface area contributed by atoms with Crippen LogP contribution in [0.25, 0.3) is 61.0 Å². The standard InChI is InChI=1S/C78H67N4OSi.Pt/c1-76(2,3)54-39-37-52(38-40-54)62-32-22-33-63(53-23-20-24-55(47-53)77(4,5)6)74(62)81-51-80(67-34-17-18-35-68(67)81)57-25-21-26-58(49-57)83-59-41-42-66-70(50-59)82(72-48-56(45-46-79-72)78(7,8)9)69-44-43-65-64-31-16-19-36-71(64)84(75(65)73(66)69,60-27-12-10-13-28-60)61-29-14-11-15-30-61;/h10-48,51H,1-9H3;/q-3;. The zero-order valence-corrected chi connectivity index (χ0v) is 52.9. The Bertz CT molecular complexity index is 4470. The summed E-state index contributed by atoms with van der Waals surface area (Å²) in [6.07, 6.45) is 1.95. The monoisotopic (exact) mass is 1300 g/mol. The van der Waals surface area contributed by atoms with Crippen molar-refractivity contribution in [2.45, 2.75) is 78.6 Å². The van der Waals surface area contributed by atoms with Crippen molar-refractivity contribution in [3.05, 3.63) is 272 Å². The number of fused-ring (bicyclic) bond motifs is 8. The van der Waals surface area contributed by atoms with Crippen LogP contribution in [0.5, 0.6) is 11.5 Å². The maximum atomic E-state index is 7.01. The topological polar surface area (TPSA) is 33.5 Å². The van der Waals surface area contributed by atoms with E-state index >= 15 is 0 Å². The SMILES string of the molecule is CC(C)(C)c1ccc(-c2cccc(-c3cccc(C(C)(C)C)c3)c2N2[CH-]N(c3[c-]c(Oc4[c-]c5c(cc4)c4c6c(ccc4n5-c4cc(C(C)(C)C)ccn4)-c4ccccc4[Si]6(c4ccccc4)c4ccccc4)ccc3)c3ccccc32)cc1.[Pt]. The molecule has 0 fully saturated rings. The van der Waals surface area contributed by atoms with Gasteiger partial charge >= 0.3 is 0 Å². The Morgan fingerprint density at radius 3 is 1.74 bits per heavy atom. The second kappa shape index (κ2) is 21.2. The van der Waals surface area contributed by atoms with Crippen molar-refractivity contribution in [3.8, 4) is 50.7 Å². The Labute approximate surface area is 516 Å². The minimum Gasteiger partial charge on any atom is -0.509 e. The summed E-state index contributed by atoms with van der Waals surface area (Å²) in [5.74, 6) is 2.01. The number of hydrogen-bond donors (Lipinski definition) is 0. The predicted molar refractivity (Wildman–Crippen MR) is 354 cm³/mol. The smallest absolute Gasteiger partial charge is 0.180 e. The number of anilines is 4. The molecule has 2 aliphatic rings. The molecule has 0 bridgehead atoms. The molecule has 85 heavy (non-hydrogen) atoms. The van der Waals surface area contributed by atoms with E-state index in [0.717, 1.165) is 61.7 Å². The van der Waals surface area contributed by atoms with Crippen LogP contribution < -0.4 is 35.3 Å². The van der Waals surface area contributed by atoms with Gasteiger partial charge in [0, 0.05) is 72.5 Å². The fourth-order valence-electron chi connectivity index (χ4n) is 13.1. The number of hydrogen-bond acceptors (Lipinski definition) is 4. The number of benzene rings is 10. The molecule has 0 saturated carbocycles. The van der Waals surface area contributed by atoms with Crippen molar-refractivity contribution >= 4 is 73.4 Å². The van der Waals surface area contributed by atoms with Crippen LogP contribution in [-0.2, 0) is 37.3 Å². The minimum absolute atomic E-state index is 0. The average molecular weight is 1300 g/mol. The van der Waals surface area contributed by atoms with Crippen molar-refractivity contribution in [2.24, 2.45) is 0 Å². The largest absolute Gasteiger partial charge is 0.509 e. The third kappa shape index (κ3) is 9.46. The van der Waals surface area contributed by atoms with E-state index in [9.17, 15) is 0 Å². The molecule has 0 unspecified atom stereocenters. The van der Waals surface area contributed by atoms with E-state index < -0.39 is 8.07 Å². The summed E-state index contributed by atoms with van der Waals surface area (Å²) < 4.78 is 9.33. The molecule has 422 valence electrons. The number of para-hydroxylation sites is 3. The van der Waals surface area contributed by atoms with Gasteiger partial charge in [-0.2, -0.15) is 12.1 Å². The molecule has 0 aliphatic carbocycles. The van der Waals surface area contributed by atoms with Crippen molar-refractivity contribution in [1.29, 1.82) is 0 Å². The zero-order valence-electron chi connectivity index (χ0n) is 49.6. The van der Waals surface area contributed by atoms with Crippen molar-refractivity contribution in [1.82, 2.24) is 9.55 Å². The van der Waals surface area contributed by atoms with Gasteiger partial charge in [-0.05, 0) is 112 Å². The molecule has 2 aromatic heterocycles. The average Bonchev–Trinajstić information content (AvgIpc) is 1.78. The Kier molecular flexibility index (Phi) is 13.9. The van der Waals surface area contributed by atoms with Gasteiger partial charge in [0.1, 0.15) is 5.82 Å². The van der Waals surface area contributed by atoms with E-state index in [1.165, 1.54) is 59.5 Å². The summed E-state index contributed by atoms with van der Waals surface area (Å²) in [6, 6.07) is 92.4. The summed E-state index contributed by atoms with van der Waals surface area (Å²) in [7, 11) is -2.94. The summed E-state index contributed by atoms with van der Waals surface area (Å²) in [4.78, 5) is 9.77. The van der Waals surface area contributed by atoms with Gasteiger partial charge in [0.25, 0.3) is 0 Å². The molecule has 12 aromatic rings. The first-order valence-electron chi connectivity index (χ1n) is 29.3. The fraction of sp³-hybridized carbons (Fsp3) is 0.154. The van der Waals surface area contributed by atoms with Crippen LogP contribution in [0, 0.1) is 18.8 Å². The van der Waals surface area contributed by atoms with Crippen molar-refractivity contribution < 1.29 is 25.8 Å². The maximum Gasteiger partial charge on any atom is 0.180 e. The van der Waals surface area contributed by atoms with E-state index in [1.54, 1.807) is 0 Å². The quantitative estimate of drug-likeness (QED) is 0.107. The van der Waals surface area contributed by atoms with Gasteiger partial charge in [0.2, 0.25) is 0 Å². The molecule has 5 nitrogen and oxygen atoms in total. The van der Waals surface area contributed by atoms with Gasteiger partial charge in [-0.3, -0.25) is 0 Å². The Balaban J connectivity index is 0.00000672. The second-order valence-corrected chi connectivity index (χ2v) is 29.4. The third-order valence-electron chi connectivity index (χ3n) is 17.3. The van der Waals surface area contributed by atoms with E-state index in [0.29, 0.717) is 11.5 Å². The molecule has 0 N–H and O–H groups in total. The van der Waals surface area contributed by atoms with Crippen molar-refractivity contribution in [2.75, 3.05) is 9.80 Å². The Hall–Kier alpha value is -8.54. The van der Waals surface area contributed by atoms with Crippen LogP contribution in [0.1, 0.15) is 79.0 Å². The van der Waals surface area contributed by atoms with Gasteiger partial charge in [0.05, 0.1) is 0 Å². The number of pyridine rings is 1. The molecule has 0 radical (unpaired) electrons. The van der Waals surface area contributed by atoms with Crippen LogP contribution >= 0.6 is 0 Å². The van der Waals surface area contributed by atoms with E-state index in [4.69, 9.17) is 9.72 Å². The van der Waals surface area contributed by atoms with E-state index in [-0.39, 0.29) is 37.3 Å². The number of aromatic nitrogens is 2. The van der Waals surface area contributed by atoms with Gasteiger partial charge in [0.15, 0.2) is 8.07 Å². The summed E-state index contributed by atoms with van der Waals surface area (Å²) >= 11 is 0. The van der Waals surface area contributed by atoms with Crippen LogP contribution in [0.15, 0.2) is 237 Å². The fourth-order valence-corrected chi connectivity index (χ4v) is 18.5. The predicted octanol–water partition coefficient (Wildman–Crippen LogP) is 17.6. The molecule has 7 heteroatoms. The van der Waals surface area contributed by atoms with Gasteiger partial charge in [-0.25, -0.2) is 4.98 Å². The third-order valence-corrected chi connectivity index (χ3v) is 22.2. The molecule has 0 amide bonds. The number of nitrogens with zero attached hydrogens (tertiary/aromatic N) is 4. The molecule has 14 rings (SSSR count).